The zero-order valence-electron chi connectivity index (χ0n) is 5.59. The molecule has 0 saturated carbocycles. The molecule has 0 fully saturated rings. The molecule has 0 spiro atoms. The monoisotopic (exact) mass is 142 g/mol. The van der Waals surface area contributed by atoms with E-state index in [0.29, 0.717) is 0.417 Å². The fourth-order valence-corrected chi connectivity index (χ4v) is 1.50. The summed E-state index contributed by atoms with van der Waals surface area (Å²) in [5.74, 6) is -0.976. The molecule has 0 aliphatic carbocycles. The molecule has 0 radical (unpaired) electrons. The number of carbonyl (C=O) groups excluding carboxylic acids is 1. The molecular formula is C4H4N2Na2O. The summed E-state index contributed by atoms with van der Waals surface area (Å²) in [6, 6.07) is 1.90. The summed E-state index contributed by atoms with van der Waals surface area (Å²) in [6.45, 7) is 0. The average molecular weight is 142 g/mol. The second-order valence-corrected chi connectivity index (χ2v) is 8.21. The van der Waals surface area contributed by atoms with Gasteiger partial charge in [-0.2, -0.15) is 0 Å². The summed E-state index contributed by atoms with van der Waals surface area (Å²) >= 11 is 1.80. The number of nitriles is 1. The van der Waals surface area contributed by atoms with E-state index in [1.807, 2.05) is 6.07 Å². The molecule has 1 amide bonds. The zero-order valence-corrected chi connectivity index (χ0v) is 9.59. The minimum atomic E-state index is -0.511. The van der Waals surface area contributed by atoms with Crippen molar-refractivity contribution in [3.63, 3.8) is 0 Å². The Hall–Kier alpha value is 0.960. The van der Waals surface area contributed by atoms with Gasteiger partial charge < -0.3 is 0 Å². The van der Waals surface area contributed by atoms with Crippen molar-refractivity contribution in [3.8, 4) is 6.07 Å². The van der Waals surface area contributed by atoms with Gasteiger partial charge in [0.05, 0.1) is 0 Å². The second kappa shape index (κ2) is 4.73. The molecule has 0 heterocycles. The summed E-state index contributed by atoms with van der Waals surface area (Å²) in [6.07, 6.45) is 0. The van der Waals surface area contributed by atoms with Crippen LogP contribution in [0.25, 0.3) is 0 Å². The van der Waals surface area contributed by atoms with Gasteiger partial charge in [-0.25, -0.2) is 0 Å². The average Bonchev–Trinajstić information content (AvgIpc) is 1.64. The molecule has 0 aromatic carbocycles. The zero-order chi connectivity index (χ0) is 7.44. The van der Waals surface area contributed by atoms with Gasteiger partial charge in [0.25, 0.3) is 0 Å². The molecule has 0 rings (SSSR count). The van der Waals surface area contributed by atoms with Gasteiger partial charge in [0.15, 0.2) is 0 Å². The van der Waals surface area contributed by atoms with Crippen molar-refractivity contribution in [3.05, 3.63) is 0 Å². The Balaban J connectivity index is 4.04. The topological polar surface area (TPSA) is 66.9 Å². The van der Waals surface area contributed by atoms with Crippen LogP contribution in [-0.2, 0) is 4.79 Å². The van der Waals surface area contributed by atoms with Crippen LogP contribution in [0.1, 0.15) is 0 Å². The predicted octanol–water partition coefficient (Wildman–Crippen LogP) is -1.31. The van der Waals surface area contributed by atoms with Crippen LogP contribution in [0.4, 0.5) is 0 Å². The molecule has 0 aromatic rings. The van der Waals surface area contributed by atoms with Gasteiger partial charge in [0.1, 0.15) is 0 Å². The first-order valence-corrected chi connectivity index (χ1v) is 5.09. The van der Waals surface area contributed by atoms with Gasteiger partial charge >= 0.3 is 90.0 Å². The van der Waals surface area contributed by atoms with E-state index in [4.69, 9.17) is 11.0 Å². The minimum absolute atomic E-state index is 0.299. The Morgan fingerprint density at radius 3 is 2.11 bits per heavy atom. The summed E-state index contributed by atoms with van der Waals surface area (Å²) < 4.78 is 0.299. The third-order valence-corrected chi connectivity index (χ3v) is 2.45. The van der Waals surface area contributed by atoms with Crippen LogP contribution in [0.2, 0.25) is 0.417 Å². The second-order valence-electron chi connectivity index (χ2n) is 2.25. The quantitative estimate of drug-likeness (QED) is 0.486. The maximum atomic E-state index is 10.4. The van der Waals surface area contributed by atoms with Crippen LogP contribution < -0.4 is 5.73 Å². The Morgan fingerprint density at radius 1 is 1.67 bits per heavy atom. The molecule has 5 heteroatoms. The van der Waals surface area contributed by atoms with E-state index in [9.17, 15) is 4.79 Å². The molecule has 0 aromatic heterocycles. The van der Waals surface area contributed by atoms with Gasteiger partial charge in [-0.3, -0.25) is 0 Å². The first kappa shape index (κ1) is 9.96. The van der Waals surface area contributed by atoms with Crippen molar-refractivity contribution in [1.82, 2.24) is 0 Å². The Labute approximate surface area is 88.8 Å². The molecule has 0 saturated heterocycles. The number of rotatable bonds is 2. The van der Waals surface area contributed by atoms with Crippen molar-refractivity contribution >= 4 is 61.8 Å². The van der Waals surface area contributed by atoms with Crippen LogP contribution in [0.5, 0.6) is 0 Å². The third kappa shape index (κ3) is 3.61. The standard InChI is InChI=1S/C4H4N2O.2Na/c1-3(2-5)4(6)7;;/h1,3H,(H2,6,7);;. The molecule has 2 N–H and O–H groups in total. The molecule has 1 atom stereocenters. The maximum absolute atomic E-state index is 10.4. The number of hydrogen-bond donors (Lipinski definition) is 1. The Kier molecular flexibility index (Phi) is 5.23. The van der Waals surface area contributed by atoms with E-state index in [1.54, 1.807) is 0 Å². The van der Waals surface area contributed by atoms with Crippen molar-refractivity contribution in [1.29, 1.82) is 5.26 Å². The number of nitrogens with two attached hydrogens (primary N) is 1. The Bertz CT molecular complexity index is 151. The molecular weight excluding hydrogens is 138 g/mol. The van der Waals surface area contributed by atoms with Crippen LogP contribution in [0.3, 0.4) is 0 Å². The van der Waals surface area contributed by atoms with Gasteiger partial charge in [0, 0.05) is 0 Å². The first-order chi connectivity index (χ1) is 4.09. The summed E-state index contributed by atoms with van der Waals surface area (Å²) in [7, 11) is 0. The van der Waals surface area contributed by atoms with Crippen LogP contribution in [0, 0.1) is 17.2 Å². The molecule has 1 unspecified atom stereocenters. The van der Waals surface area contributed by atoms with E-state index in [1.165, 1.54) is 0 Å². The van der Waals surface area contributed by atoms with E-state index < -0.39 is 11.8 Å². The predicted molar refractivity (Wildman–Crippen MR) is 33.6 cm³/mol. The van der Waals surface area contributed by atoms with Gasteiger partial charge in [-0.1, -0.05) is 0 Å². The molecule has 9 heavy (non-hydrogen) atoms. The molecule has 38 valence electrons. The van der Waals surface area contributed by atoms with Crippen molar-refractivity contribution in [2.75, 3.05) is 0 Å². The number of hydrogen-bond acceptors (Lipinski definition) is 2. The number of nitrogens with zero attached hydrogens (tertiary/aromatic N) is 1. The van der Waals surface area contributed by atoms with Gasteiger partial charge in [-0.05, 0) is 0 Å². The Morgan fingerprint density at radius 2 is 2.11 bits per heavy atom. The van der Waals surface area contributed by atoms with E-state index in [-0.39, 0.29) is 0 Å². The molecule has 0 aliphatic rings. The third-order valence-electron chi connectivity index (χ3n) is 1.11. The van der Waals surface area contributed by atoms with Crippen LogP contribution in [0.15, 0.2) is 0 Å². The molecule has 3 nitrogen and oxygen atoms in total. The van der Waals surface area contributed by atoms with E-state index in [0.717, 1.165) is 55.9 Å². The van der Waals surface area contributed by atoms with Crippen LogP contribution in [-0.4, -0.2) is 61.8 Å². The number of carbonyl (C=O) groups is 1. The number of primary amides is 1. The first-order valence-electron chi connectivity index (χ1n) is 2.78. The fourth-order valence-electron chi connectivity index (χ4n) is 0.541. The van der Waals surface area contributed by atoms with Gasteiger partial charge in [-0.15, -0.1) is 0 Å². The summed E-state index contributed by atoms with van der Waals surface area (Å²) in [5, 5.41) is 8.36. The van der Waals surface area contributed by atoms with Gasteiger partial charge in [0.2, 0.25) is 0 Å². The van der Waals surface area contributed by atoms with Crippen LogP contribution >= 0.6 is 0 Å². The molecule has 0 aliphatic heterocycles. The van der Waals surface area contributed by atoms with Crippen molar-refractivity contribution < 1.29 is 4.79 Å². The van der Waals surface area contributed by atoms with Crippen molar-refractivity contribution in [2.45, 2.75) is 0.417 Å². The summed E-state index contributed by atoms with van der Waals surface area (Å²) in [5.41, 5.74) is 4.93. The van der Waals surface area contributed by atoms with E-state index >= 15 is 0 Å². The summed E-state index contributed by atoms with van der Waals surface area (Å²) in [4.78, 5) is 10.4. The normalized spacial score (nSPS) is 12.9. The molecule has 0 bridgehead atoms. The fraction of sp³-hybridized carbons (Fsp3) is 0.500. The number of amides is 1. The van der Waals surface area contributed by atoms with Crippen molar-refractivity contribution in [2.24, 2.45) is 11.7 Å². The van der Waals surface area contributed by atoms with E-state index in [2.05, 4.69) is 0 Å². The SMILES string of the molecule is N#CC(C(N)=O)[CH]([Na])[Na].